The van der Waals surface area contributed by atoms with E-state index < -0.39 is 10.2 Å². The first-order valence-corrected chi connectivity index (χ1v) is 6.13. The second kappa shape index (κ2) is 4.42. The summed E-state index contributed by atoms with van der Waals surface area (Å²) in [6.07, 6.45) is 0. The fraction of sp³-hybridized carbons (Fsp3) is 0.333. The van der Waals surface area contributed by atoms with Crippen LogP contribution < -0.4 is 3.71 Å². The Labute approximate surface area is 96.2 Å². The van der Waals surface area contributed by atoms with Gasteiger partial charge in [-0.1, -0.05) is 17.7 Å². The zero-order valence-corrected chi connectivity index (χ0v) is 10.6. The summed E-state index contributed by atoms with van der Waals surface area (Å²) in [5.41, 5.74) is 1.60. The molecular formula is C9H14N2O2S2. The summed E-state index contributed by atoms with van der Waals surface area (Å²) in [5, 5.41) is 0. The fourth-order valence-corrected chi connectivity index (χ4v) is 2.23. The molecule has 1 aromatic carbocycles. The van der Waals surface area contributed by atoms with Gasteiger partial charge >= 0.3 is 10.2 Å². The van der Waals surface area contributed by atoms with Crippen molar-refractivity contribution >= 4 is 28.7 Å². The maximum absolute atomic E-state index is 11.7. The summed E-state index contributed by atoms with van der Waals surface area (Å²) in [5.74, 6) is 0. The van der Waals surface area contributed by atoms with Gasteiger partial charge in [0, 0.05) is 14.1 Å². The first kappa shape index (κ1) is 12.4. The van der Waals surface area contributed by atoms with Crippen LogP contribution in [0, 0.1) is 6.92 Å². The van der Waals surface area contributed by atoms with Gasteiger partial charge in [0.1, 0.15) is 0 Å². The van der Waals surface area contributed by atoms with Gasteiger partial charge in [0.05, 0.1) is 5.69 Å². The summed E-state index contributed by atoms with van der Waals surface area (Å²) in [6, 6.07) is 7.10. The second-order valence-electron chi connectivity index (χ2n) is 3.37. The van der Waals surface area contributed by atoms with Crippen LogP contribution in [0.1, 0.15) is 5.56 Å². The van der Waals surface area contributed by atoms with E-state index >= 15 is 0 Å². The van der Waals surface area contributed by atoms with Crippen molar-refractivity contribution < 1.29 is 8.42 Å². The molecule has 0 amide bonds. The van der Waals surface area contributed by atoms with Crippen molar-refractivity contribution in [1.82, 2.24) is 4.31 Å². The van der Waals surface area contributed by atoms with Crippen LogP contribution in [0.15, 0.2) is 24.3 Å². The molecule has 15 heavy (non-hydrogen) atoms. The molecule has 4 nitrogen and oxygen atoms in total. The lowest BCUT2D eigenvalue weighted by Gasteiger charge is -2.21. The Kier molecular flexibility index (Phi) is 3.64. The topological polar surface area (TPSA) is 40.6 Å². The minimum absolute atomic E-state index is 0.526. The van der Waals surface area contributed by atoms with Crippen LogP contribution in [-0.4, -0.2) is 26.8 Å². The molecule has 6 heteroatoms. The molecule has 0 spiro atoms. The Balaban J connectivity index is 3.05. The molecule has 84 valence electrons. The van der Waals surface area contributed by atoms with Gasteiger partial charge in [0.15, 0.2) is 0 Å². The number of rotatable bonds is 3. The third kappa shape index (κ3) is 2.64. The molecule has 1 aromatic rings. The van der Waals surface area contributed by atoms with E-state index in [1.807, 2.05) is 19.1 Å². The Bertz CT molecular complexity index is 426. The molecule has 0 heterocycles. The summed E-state index contributed by atoms with van der Waals surface area (Å²) in [7, 11) is -0.582. The van der Waals surface area contributed by atoms with Gasteiger partial charge in [-0.3, -0.25) is 0 Å². The fourth-order valence-electron chi connectivity index (χ4n) is 0.960. The van der Waals surface area contributed by atoms with Gasteiger partial charge in [0.2, 0.25) is 0 Å². The molecule has 0 aliphatic rings. The normalized spacial score (nSPS) is 11.8. The number of nitrogens with zero attached hydrogens (tertiary/aromatic N) is 2. The van der Waals surface area contributed by atoms with Crippen molar-refractivity contribution in [3.63, 3.8) is 0 Å². The van der Waals surface area contributed by atoms with E-state index in [0.717, 1.165) is 13.6 Å². The first-order chi connectivity index (χ1) is 6.85. The number of benzene rings is 1. The lowest BCUT2D eigenvalue weighted by Crippen LogP contribution is -2.34. The highest BCUT2D eigenvalue weighted by atomic mass is 32.3. The largest absolute Gasteiger partial charge is 0.312 e. The van der Waals surface area contributed by atoms with Gasteiger partial charge < -0.3 is 0 Å². The van der Waals surface area contributed by atoms with Crippen molar-refractivity contribution in [3.8, 4) is 0 Å². The summed E-state index contributed by atoms with van der Waals surface area (Å²) in [4.78, 5) is 0. The molecule has 0 radical (unpaired) electrons. The predicted octanol–water partition coefficient (Wildman–Crippen LogP) is 1.45. The summed E-state index contributed by atoms with van der Waals surface area (Å²) >= 11 is 3.98. The van der Waals surface area contributed by atoms with Crippen LogP contribution in [0.2, 0.25) is 0 Å². The van der Waals surface area contributed by atoms with Crippen LogP contribution in [0.3, 0.4) is 0 Å². The molecule has 1 rings (SSSR count). The van der Waals surface area contributed by atoms with Crippen LogP contribution >= 0.6 is 12.8 Å². The number of hydrogen-bond donors (Lipinski definition) is 1. The van der Waals surface area contributed by atoms with Gasteiger partial charge in [-0.2, -0.15) is 12.7 Å². The summed E-state index contributed by atoms with van der Waals surface area (Å²) in [6.45, 7) is 1.94. The SMILES string of the molecule is Cc1ccc(N(S)S(=O)(=O)N(C)C)cc1. The van der Waals surface area contributed by atoms with Crippen molar-refractivity contribution in [3.05, 3.63) is 29.8 Å². The average Bonchev–Trinajstić information content (AvgIpc) is 2.17. The predicted molar refractivity (Wildman–Crippen MR) is 65.3 cm³/mol. The maximum Gasteiger partial charge on any atom is 0.312 e. The van der Waals surface area contributed by atoms with Gasteiger partial charge in [-0.05, 0) is 31.9 Å². The lowest BCUT2D eigenvalue weighted by atomic mass is 10.2. The Hall–Kier alpha value is -0.720. The molecule has 0 aliphatic carbocycles. The van der Waals surface area contributed by atoms with Crippen LogP contribution in [0.5, 0.6) is 0 Å². The Morgan fingerprint density at radius 3 is 2.00 bits per heavy atom. The maximum atomic E-state index is 11.7. The van der Waals surface area contributed by atoms with Crippen molar-refractivity contribution in [2.45, 2.75) is 6.92 Å². The van der Waals surface area contributed by atoms with E-state index in [9.17, 15) is 8.42 Å². The number of hydrogen-bond acceptors (Lipinski definition) is 3. The van der Waals surface area contributed by atoms with Crippen molar-refractivity contribution in [2.75, 3.05) is 17.8 Å². The van der Waals surface area contributed by atoms with E-state index in [-0.39, 0.29) is 0 Å². The van der Waals surface area contributed by atoms with Gasteiger partial charge in [-0.25, -0.2) is 3.71 Å². The van der Waals surface area contributed by atoms with E-state index in [1.165, 1.54) is 14.1 Å². The Morgan fingerprint density at radius 1 is 1.13 bits per heavy atom. The average molecular weight is 246 g/mol. The third-order valence-corrected chi connectivity index (χ3v) is 4.36. The number of thiol groups is 1. The smallest absolute Gasteiger partial charge is 0.202 e. The highest BCUT2D eigenvalue weighted by Gasteiger charge is 2.21. The van der Waals surface area contributed by atoms with Gasteiger partial charge in [0.25, 0.3) is 0 Å². The van der Waals surface area contributed by atoms with Crippen LogP contribution in [-0.2, 0) is 10.2 Å². The molecule has 0 unspecified atom stereocenters. The first-order valence-electron chi connectivity index (χ1n) is 4.34. The van der Waals surface area contributed by atoms with Crippen LogP contribution in [0.4, 0.5) is 5.69 Å². The monoisotopic (exact) mass is 246 g/mol. The van der Waals surface area contributed by atoms with E-state index in [1.54, 1.807) is 12.1 Å². The van der Waals surface area contributed by atoms with E-state index in [0.29, 0.717) is 5.69 Å². The molecule has 0 N–H and O–H groups in total. The molecule has 0 saturated carbocycles. The quantitative estimate of drug-likeness (QED) is 0.820. The standard InChI is InChI=1S/C9H14N2O2S2/c1-8-4-6-9(7-5-8)11(14)15(12,13)10(2)3/h4-7,14H,1-3H3. The molecule has 0 fully saturated rings. The minimum Gasteiger partial charge on any atom is -0.202 e. The molecule has 0 aromatic heterocycles. The minimum atomic E-state index is -3.51. The van der Waals surface area contributed by atoms with Gasteiger partial charge in [-0.15, -0.1) is 0 Å². The zero-order chi connectivity index (χ0) is 11.6. The van der Waals surface area contributed by atoms with Crippen molar-refractivity contribution in [2.24, 2.45) is 0 Å². The highest BCUT2D eigenvalue weighted by Crippen LogP contribution is 2.21. The molecule has 0 bridgehead atoms. The second-order valence-corrected chi connectivity index (χ2v) is 6.03. The third-order valence-electron chi connectivity index (χ3n) is 1.93. The molecule has 0 atom stereocenters. The highest BCUT2D eigenvalue weighted by molar-refractivity contribution is 8.04. The van der Waals surface area contributed by atoms with Crippen molar-refractivity contribution in [1.29, 1.82) is 0 Å². The number of anilines is 1. The van der Waals surface area contributed by atoms with E-state index in [2.05, 4.69) is 12.8 Å². The molecule has 0 saturated heterocycles. The zero-order valence-electron chi connectivity index (χ0n) is 8.88. The summed E-state index contributed by atoms with van der Waals surface area (Å²) < 4.78 is 25.4. The molecule has 0 aliphatic heterocycles. The van der Waals surface area contributed by atoms with Crippen LogP contribution in [0.25, 0.3) is 0 Å². The lowest BCUT2D eigenvalue weighted by molar-refractivity contribution is 0.523. The number of aryl methyl sites for hydroxylation is 1. The Morgan fingerprint density at radius 2 is 1.60 bits per heavy atom. The van der Waals surface area contributed by atoms with E-state index in [4.69, 9.17) is 0 Å². The molecular weight excluding hydrogens is 232 g/mol.